The number of benzene rings is 2. The van der Waals surface area contributed by atoms with E-state index in [1.54, 1.807) is 0 Å². The number of aryl methyl sites for hydroxylation is 1. The van der Waals surface area contributed by atoms with E-state index in [2.05, 4.69) is 31.1 Å². The van der Waals surface area contributed by atoms with Gasteiger partial charge in [-0.1, -0.05) is 48.0 Å². The van der Waals surface area contributed by atoms with Gasteiger partial charge >= 0.3 is 0 Å². The Morgan fingerprint density at radius 2 is 1.81 bits per heavy atom. The molecule has 0 bridgehead atoms. The number of nitrogens with zero attached hydrogens (tertiary/aromatic N) is 1. The van der Waals surface area contributed by atoms with E-state index in [-0.39, 0.29) is 6.10 Å². The summed E-state index contributed by atoms with van der Waals surface area (Å²) in [6, 6.07) is 16.2. The monoisotopic (exact) mass is 303 g/mol. The molecule has 2 aromatic carbocycles. The van der Waals surface area contributed by atoms with Crippen LogP contribution in [0, 0.1) is 6.92 Å². The number of ether oxygens (including phenoxy) is 1. The van der Waals surface area contributed by atoms with Crippen LogP contribution < -0.4 is 4.74 Å². The molecule has 3 heteroatoms. The van der Waals surface area contributed by atoms with Crippen LogP contribution in [0.3, 0.4) is 0 Å². The van der Waals surface area contributed by atoms with Crippen molar-refractivity contribution in [2.45, 2.75) is 19.4 Å². The summed E-state index contributed by atoms with van der Waals surface area (Å²) >= 11 is 6.29. The molecule has 21 heavy (non-hydrogen) atoms. The highest BCUT2D eigenvalue weighted by atomic mass is 35.5. The molecule has 0 amide bonds. The molecule has 0 aliphatic heterocycles. The van der Waals surface area contributed by atoms with Crippen molar-refractivity contribution < 1.29 is 4.74 Å². The van der Waals surface area contributed by atoms with Gasteiger partial charge in [-0.05, 0) is 44.3 Å². The van der Waals surface area contributed by atoms with Gasteiger partial charge < -0.3 is 9.64 Å². The molecule has 2 rings (SSSR count). The van der Waals surface area contributed by atoms with Crippen LogP contribution in [0.15, 0.2) is 48.5 Å². The first-order chi connectivity index (χ1) is 10.1. The van der Waals surface area contributed by atoms with E-state index < -0.39 is 0 Å². The van der Waals surface area contributed by atoms with Crippen LogP contribution in [0.2, 0.25) is 5.02 Å². The van der Waals surface area contributed by atoms with Gasteiger partial charge in [-0.15, -0.1) is 0 Å². The lowest BCUT2D eigenvalue weighted by Gasteiger charge is -2.22. The van der Waals surface area contributed by atoms with Gasteiger partial charge in [0.15, 0.2) is 0 Å². The summed E-state index contributed by atoms with van der Waals surface area (Å²) in [5, 5.41) is 0.667. The van der Waals surface area contributed by atoms with E-state index in [1.807, 2.05) is 43.3 Å². The predicted molar refractivity (Wildman–Crippen MR) is 89.2 cm³/mol. The zero-order valence-electron chi connectivity index (χ0n) is 12.8. The van der Waals surface area contributed by atoms with Gasteiger partial charge in [-0.2, -0.15) is 0 Å². The molecule has 0 aromatic heterocycles. The van der Waals surface area contributed by atoms with Crippen molar-refractivity contribution in [1.29, 1.82) is 0 Å². The van der Waals surface area contributed by atoms with Crippen LogP contribution in [0.4, 0.5) is 0 Å². The highest BCUT2D eigenvalue weighted by Crippen LogP contribution is 2.31. The summed E-state index contributed by atoms with van der Waals surface area (Å²) in [5.41, 5.74) is 2.31. The number of hydrogen-bond donors (Lipinski definition) is 0. The second-order valence-electron chi connectivity index (χ2n) is 5.54. The standard InChI is InChI=1S/C18H22ClNO/c1-14-9-10-18(16(19)13-14)21-17(11-12-20(2)3)15-7-5-4-6-8-15/h4-10,13,17H,11-12H2,1-3H3. The van der Waals surface area contributed by atoms with Gasteiger partial charge in [0.05, 0.1) is 5.02 Å². The summed E-state index contributed by atoms with van der Waals surface area (Å²) in [5.74, 6) is 0.745. The van der Waals surface area contributed by atoms with Crippen molar-refractivity contribution in [3.8, 4) is 5.75 Å². The van der Waals surface area contributed by atoms with Crippen molar-refractivity contribution in [2.75, 3.05) is 20.6 Å². The van der Waals surface area contributed by atoms with E-state index in [1.165, 1.54) is 5.56 Å². The van der Waals surface area contributed by atoms with Gasteiger partial charge in [0, 0.05) is 13.0 Å². The van der Waals surface area contributed by atoms with Gasteiger partial charge in [0.1, 0.15) is 11.9 Å². The van der Waals surface area contributed by atoms with E-state index in [4.69, 9.17) is 16.3 Å². The lowest BCUT2D eigenvalue weighted by Crippen LogP contribution is -2.18. The molecule has 1 atom stereocenters. The van der Waals surface area contributed by atoms with Crippen LogP contribution in [0.1, 0.15) is 23.7 Å². The smallest absolute Gasteiger partial charge is 0.138 e. The molecule has 112 valence electrons. The second-order valence-corrected chi connectivity index (χ2v) is 5.95. The van der Waals surface area contributed by atoms with Crippen molar-refractivity contribution in [2.24, 2.45) is 0 Å². The Hall–Kier alpha value is -1.51. The minimum absolute atomic E-state index is 0.00815. The molecular formula is C18H22ClNO. The molecular weight excluding hydrogens is 282 g/mol. The van der Waals surface area contributed by atoms with Crippen LogP contribution in [-0.4, -0.2) is 25.5 Å². The molecule has 0 N–H and O–H groups in total. The van der Waals surface area contributed by atoms with Gasteiger partial charge in [0.25, 0.3) is 0 Å². The summed E-state index contributed by atoms with van der Waals surface area (Å²) in [6.45, 7) is 2.99. The normalized spacial score (nSPS) is 12.4. The molecule has 2 aromatic rings. The molecule has 0 aliphatic carbocycles. The maximum atomic E-state index is 6.29. The third-order valence-corrected chi connectivity index (χ3v) is 3.66. The lowest BCUT2D eigenvalue weighted by molar-refractivity contribution is 0.179. The Morgan fingerprint density at radius 1 is 1.10 bits per heavy atom. The Labute approximate surface area is 132 Å². The van der Waals surface area contributed by atoms with Crippen LogP contribution >= 0.6 is 11.6 Å². The highest BCUT2D eigenvalue weighted by molar-refractivity contribution is 6.32. The zero-order chi connectivity index (χ0) is 15.2. The summed E-state index contributed by atoms with van der Waals surface area (Å²) < 4.78 is 6.18. The van der Waals surface area contributed by atoms with Crippen molar-refractivity contribution >= 4 is 11.6 Å². The zero-order valence-corrected chi connectivity index (χ0v) is 13.6. The number of rotatable bonds is 6. The maximum Gasteiger partial charge on any atom is 0.138 e. The molecule has 0 aliphatic rings. The van der Waals surface area contributed by atoms with E-state index in [9.17, 15) is 0 Å². The van der Waals surface area contributed by atoms with Gasteiger partial charge in [-0.3, -0.25) is 0 Å². The Morgan fingerprint density at radius 3 is 2.43 bits per heavy atom. The highest BCUT2D eigenvalue weighted by Gasteiger charge is 2.15. The van der Waals surface area contributed by atoms with E-state index in [0.717, 1.165) is 24.3 Å². The minimum Gasteiger partial charge on any atom is -0.484 e. The number of hydrogen-bond acceptors (Lipinski definition) is 2. The third kappa shape index (κ3) is 4.76. The SMILES string of the molecule is Cc1ccc(OC(CCN(C)C)c2ccccc2)c(Cl)c1. The molecule has 0 heterocycles. The Balaban J connectivity index is 2.19. The molecule has 0 radical (unpaired) electrons. The summed E-state index contributed by atoms with van der Waals surface area (Å²) in [4.78, 5) is 2.16. The first-order valence-electron chi connectivity index (χ1n) is 7.19. The first kappa shape index (κ1) is 15.9. The molecule has 0 fully saturated rings. The van der Waals surface area contributed by atoms with Crippen LogP contribution in [0.25, 0.3) is 0 Å². The Kier molecular flexibility index (Phi) is 5.66. The minimum atomic E-state index is 0.00815. The van der Waals surface area contributed by atoms with Crippen molar-refractivity contribution in [3.05, 3.63) is 64.7 Å². The predicted octanol–water partition coefficient (Wildman–Crippen LogP) is 4.72. The first-order valence-corrected chi connectivity index (χ1v) is 7.56. The third-order valence-electron chi connectivity index (χ3n) is 3.37. The quantitative estimate of drug-likeness (QED) is 0.765. The van der Waals surface area contributed by atoms with Crippen LogP contribution in [-0.2, 0) is 0 Å². The second kappa shape index (κ2) is 7.48. The number of halogens is 1. The van der Waals surface area contributed by atoms with Crippen molar-refractivity contribution in [3.63, 3.8) is 0 Å². The average molecular weight is 304 g/mol. The maximum absolute atomic E-state index is 6.29. The fourth-order valence-corrected chi connectivity index (χ4v) is 2.47. The fraction of sp³-hybridized carbons (Fsp3) is 0.333. The molecule has 0 saturated carbocycles. The fourth-order valence-electron chi connectivity index (χ4n) is 2.19. The molecule has 0 saturated heterocycles. The van der Waals surface area contributed by atoms with Gasteiger partial charge in [0.2, 0.25) is 0 Å². The van der Waals surface area contributed by atoms with Gasteiger partial charge in [-0.25, -0.2) is 0 Å². The summed E-state index contributed by atoms with van der Waals surface area (Å²) in [7, 11) is 4.14. The average Bonchev–Trinajstić information content (AvgIpc) is 2.46. The summed E-state index contributed by atoms with van der Waals surface area (Å²) in [6.07, 6.45) is 0.926. The topological polar surface area (TPSA) is 12.5 Å². The van der Waals surface area contributed by atoms with Crippen LogP contribution in [0.5, 0.6) is 5.75 Å². The largest absolute Gasteiger partial charge is 0.484 e. The molecule has 2 nitrogen and oxygen atoms in total. The Bertz CT molecular complexity index is 569. The van der Waals surface area contributed by atoms with E-state index in [0.29, 0.717) is 5.02 Å². The molecule has 1 unspecified atom stereocenters. The lowest BCUT2D eigenvalue weighted by atomic mass is 10.1. The van der Waals surface area contributed by atoms with Crippen molar-refractivity contribution in [1.82, 2.24) is 4.90 Å². The molecule has 0 spiro atoms. The van der Waals surface area contributed by atoms with E-state index >= 15 is 0 Å².